The lowest BCUT2D eigenvalue weighted by Crippen LogP contribution is -1.86. The maximum Gasteiger partial charge on any atom is 0.131 e. The molecular formula is C11H7F2. The maximum absolute atomic E-state index is 13.2. The monoisotopic (exact) mass is 177 g/mol. The van der Waals surface area contributed by atoms with E-state index in [1.807, 2.05) is 0 Å². The van der Waals surface area contributed by atoms with E-state index in [9.17, 15) is 8.78 Å². The second-order valence-corrected chi connectivity index (χ2v) is 2.87. The molecule has 13 heavy (non-hydrogen) atoms. The molecule has 0 spiro atoms. The van der Waals surface area contributed by atoms with Gasteiger partial charge in [-0.1, -0.05) is 18.2 Å². The molecule has 0 saturated heterocycles. The van der Waals surface area contributed by atoms with Crippen LogP contribution in [0.25, 0.3) is 10.8 Å². The van der Waals surface area contributed by atoms with Crippen molar-refractivity contribution in [1.29, 1.82) is 0 Å². The van der Waals surface area contributed by atoms with E-state index in [-0.39, 0.29) is 10.8 Å². The highest BCUT2D eigenvalue weighted by Gasteiger charge is 2.06. The van der Waals surface area contributed by atoms with Crippen LogP contribution in [0.1, 0.15) is 5.56 Å². The highest BCUT2D eigenvalue weighted by molar-refractivity contribution is 5.87. The van der Waals surface area contributed by atoms with E-state index in [0.717, 1.165) is 0 Å². The Morgan fingerprint density at radius 1 is 0.923 bits per heavy atom. The average molecular weight is 177 g/mol. The molecule has 2 aromatic rings. The Hall–Kier alpha value is -1.44. The zero-order valence-corrected chi connectivity index (χ0v) is 6.85. The molecule has 1 radical (unpaired) electrons. The summed E-state index contributed by atoms with van der Waals surface area (Å²) in [5, 5.41) is 0.551. The Morgan fingerprint density at radius 3 is 2.38 bits per heavy atom. The summed E-state index contributed by atoms with van der Waals surface area (Å²) in [4.78, 5) is 0. The predicted molar refractivity (Wildman–Crippen MR) is 48.3 cm³/mol. The van der Waals surface area contributed by atoms with Crippen molar-refractivity contribution in [2.45, 2.75) is 0 Å². The highest BCUT2D eigenvalue weighted by atomic mass is 19.1. The van der Waals surface area contributed by atoms with Crippen molar-refractivity contribution >= 4 is 10.8 Å². The molecule has 0 aliphatic carbocycles. The summed E-state index contributed by atoms with van der Waals surface area (Å²) in [5.41, 5.74) is 0.509. The molecular weight excluding hydrogens is 170 g/mol. The first kappa shape index (κ1) is 8.17. The summed E-state index contributed by atoms with van der Waals surface area (Å²) in [6.07, 6.45) is 0. The van der Waals surface area contributed by atoms with Gasteiger partial charge in [-0.05, 0) is 24.6 Å². The molecule has 0 saturated carbocycles. The van der Waals surface area contributed by atoms with E-state index in [1.54, 1.807) is 6.07 Å². The van der Waals surface area contributed by atoms with Crippen LogP contribution in [0.2, 0.25) is 0 Å². The molecule has 0 aliphatic rings. The second-order valence-electron chi connectivity index (χ2n) is 2.87. The van der Waals surface area contributed by atoms with Crippen molar-refractivity contribution in [2.75, 3.05) is 0 Å². The average Bonchev–Trinajstić information content (AvgIpc) is 2.12. The van der Waals surface area contributed by atoms with Gasteiger partial charge < -0.3 is 0 Å². The van der Waals surface area contributed by atoms with Gasteiger partial charge in [-0.15, -0.1) is 0 Å². The fourth-order valence-corrected chi connectivity index (χ4v) is 1.40. The quantitative estimate of drug-likeness (QED) is 0.579. The van der Waals surface area contributed by atoms with Crippen LogP contribution in [0.3, 0.4) is 0 Å². The van der Waals surface area contributed by atoms with Crippen molar-refractivity contribution in [1.82, 2.24) is 0 Å². The Labute approximate surface area is 74.8 Å². The molecule has 0 nitrogen and oxygen atoms in total. The highest BCUT2D eigenvalue weighted by Crippen LogP contribution is 2.23. The van der Waals surface area contributed by atoms with Crippen molar-refractivity contribution < 1.29 is 8.78 Å². The summed E-state index contributed by atoms with van der Waals surface area (Å²) in [6, 6.07) is 7.10. The summed E-state index contributed by atoms with van der Waals surface area (Å²) in [6.45, 7) is 3.64. The van der Waals surface area contributed by atoms with Gasteiger partial charge in [-0.25, -0.2) is 8.78 Å². The zero-order chi connectivity index (χ0) is 9.42. The van der Waals surface area contributed by atoms with E-state index in [0.29, 0.717) is 5.56 Å². The standard InChI is InChI=1S/C11H7F2/c1-7-5-6-9(12)8-3-2-4-10(13)11(7)8/h2-6H,1H2. The summed E-state index contributed by atoms with van der Waals surface area (Å²) >= 11 is 0. The lowest BCUT2D eigenvalue weighted by Gasteiger charge is -2.03. The molecule has 0 aromatic heterocycles. The minimum absolute atomic E-state index is 0.266. The molecule has 0 aliphatic heterocycles. The van der Waals surface area contributed by atoms with Crippen molar-refractivity contribution in [3.05, 3.63) is 54.5 Å². The molecule has 2 heteroatoms. The van der Waals surface area contributed by atoms with Gasteiger partial charge in [0, 0.05) is 10.8 Å². The number of hydrogen-bond donors (Lipinski definition) is 0. The predicted octanol–water partition coefficient (Wildman–Crippen LogP) is 3.30. The molecule has 0 heterocycles. The Bertz CT molecular complexity index is 453. The number of hydrogen-bond acceptors (Lipinski definition) is 0. The van der Waals surface area contributed by atoms with Gasteiger partial charge in [-0.3, -0.25) is 0 Å². The molecule has 0 bridgehead atoms. The fourth-order valence-electron chi connectivity index (χ4n) is 1.40. The van der Waals surface area contributed by atoms with Crippen molar-refractivity contribution in [2.24, 2.45) is 0 Å². The SMILES string of the molecule is [CH2]c1ccc(F)c2cccc(F)c12. The maximum atomic E-state index is 13.2. The largest absolute Gasteiger partial charge is 0.206 e. The van der Waals surface area contributed by atoms with E-state index in [4.69, 9.17) is 0 Å². The lowest BCUT2D eigenvalue weighted by molar-refractivity contribution is 0.628. The van der Waals surface area contributed by atoms with Crippen molar-refractivity contribution in [3.63, 3.8) is 0 Å². The number of halogens is 2. The van der Waals surface area contributed by atoms with Crippen LogP contribution in [0.15, 0.2) is 30.3 Å². The van der Waals surface area contributed by atoms with Gasteiger partial charge in [0.2, 0.25) is 0 Å². The van der Waals surface area contributed by atoms with E-state index in [2.05, 4.69) is 6.92 Å². The number of rotatable bonds is 0. The second kappa shape index (κ2) is 2.80. The van der Waals surface area contributed by atoms with Crippen LogP contribution in [-0.4, -0.2) is 0 Å². The van der Waals surface area contributed by atoms with E-state index < -0.39 is 11.6 Å². The minimum atomic E-state index is -0.429. The van der Waals surface area contributed by atoms with Gasteiger partial charge >= 0.3 is 0 Å². The molecule has 2 rings (SSSR count). The smallest absolute Gasteiger partial charge is 0.131 e. The summed E-state index contributed by atoms with van der Waals surface area (Å²) < 4.78 is 26.4. The first-order chi connectivity index (χ1) is 6.20. The van der Waals surface area contributed by atoms with Gasteiger partial charge in [0.1, 0.15) is 11.6 Å². The van der Waals surface area contributed by atoms with Crippen LogP contribution in [0.5, 0.6) is 0 Å². The molecule has 0 atom stereocenters. The van der Waals surface area contributed by atoms with Gasteiger partial charge in [0.25, 0.3) is 0 Å². The molecule has 0 fully saturated rings. The van der Waals surface area contributed by atoms with Crippen molar-refractivity contribution in [3.8, 4) is 0 Å². The van der Waals surface area contributed by atoms with Gasteiger partial charge in [0.15, 0.2) is 0 Å². The minimum Gasteiger partial charge on any atom is -0.206 e. The normalized spacial score (nSPS) is 10.7. The molecule has 65 valence electrons. The molecule has 0 amide bonds. The Morgan fingerprint density at radius 2 is 1.69 bits per heavy atom. The summed E-state index contributed by atoms with van der Waals surface area (Å²) in [7, 11) is 0. The van der Waals surface area contributed by atoms with Crippen LogP contribution >= 0.6 is 0 Å². The third-order valence-corrected chi connectivity index (χ3v) is 2.02. The molecule has 2 aromatic carbocycles. The van der Waals surface area contributed by atoms with Gasteiger partial charge in [-0.2, -0.15) is 0 Å². The molecule has 0 unspecified atom stereocenters. The first-order valence-electron chi connectivity index (χ1n) is 3.89. The number of benzene rings is 2. The topological polar surface area (TPSA) is 0 Å². The third kappa shape index (κ3) is 1.18. The van der Waals surface area contributed by atoms with Crippen LogP contribution in [0, 0.1) is 18.6 Å². The summed E-state index contributed by atoms with van der Waals surface area (Å²) in [5.74, 6) is -0.844. The lowest BCUT2D eigenvalue weighted by atomic mass is 10.0. The van der Waals surface area contributed by atoms with Crippen LogP contribution < -0.4 is 0 Å². The Kier molecular flexibility index (Phi) is 1.76. The van der Waals surface area contributed by atoms with E-state index >= 15 is 0 Å². The zero-order valence-electron chi connectivity index (χ0n) is 6.85. The van der Waals surface area contributed by atoms with Crippen LogP contribution in [0.4, 0.5) is 8.78 Å². The first-order valence-corrected chi connectivity index (χ1v) is 3.89. The number of fused-ring (bicyclic) bond motifs is 1. The Balaban J connectivity index is 3.00. The molecule has 0 N–H and O–H groups in total. The third-order valence-electron chi connectivity index (χ3n) is 2.02. The van der Waals surface area contributed by atoms with Gasteiger partial charge in [0.05, 0.1) is 0 Å². The van der Waals surface area contributed by atoms with E-state index in [1.165, 1.54) is 24.3 Å². The fraction of sp³-hybridized carbons (Fsp3) is 0. The van der Waals surface area contributed by atoms with Crippen LogP contribution in [-0.2, 0) is 0 Å².